The fourth-order valence-electron chi connectivity index (χ4n) is 2.81. The highest BCUT2D eigenvalue weighted by Gasteiger charge is 2.40. The Kier molecular flexibility index (Phi) is 3.70. The number of carboxylic acid groups (broad SMARTS) is 1. The molecule has 0 aromatic carbocycles. The number of rotatable bonds is 4. The molecule has 0 saturated carbocycles. The molecule has 1 N–H and O–H groups in total. The van der Waals surface area contributed by atoms with Gasteiger partial charge in [-0.05, 0) is 32.9 Å². The molecule has 17 heavy (non-hydrogen) atoms. The largest absolute Gasteiger partial charge is 0.481 e. The van der Waals surface area contributed by atoms with E-state index in [1.54, 1.807) is 0 Å². The van der Waals surface area contributed by atoms with Crippen LogP contribution in [0.15, 0.2) is 0 Å². The first-order valence-electron chi connectivity index (χ1n) is 6.19. The van der Waals surface area contributed by atoms with Crippen molar-refractivity contribution >= 4 is 5.97 Å². The molecule has 2 aliphatic rings. The molecule has 0 aromatic heterocycles. The minimum atomic E-state index is -0.830. The van der Waals surface area contributed by atoms with E-state index >= 15 is 0 Å². The van der Waals surface area contributed by atoms with E-state index in [1.165, 1.54) is 6.42 Å². The van der Waals surface area contributed by atoms with E-state index < -0.39 is 11.8 Å². The molecule has 0 aromatic rings. The van der Waals surface area contributed by atoms with Crippen LogP contribution in [0.25, 0.3) is 0 Å². The highest BCUT2D eigenvalue weighted by molar-refractivity contribution is 5.67. The average Bonchev–Trinajstić information content (AvgIpc) is 2.73. The van der Waals surface area contributed by atoms with Gasteiger partial charge in [0.1, 0.15) is 0 Å². The smallest absolute Gasteiger partial charge is 0.306 e. The Morgan fingerprint density at radius 2 is 2.35 bits per heavy atom. The van der Waals surface area contributed by atoms with Crippen molar-refractivity contribution < 1.29 is 19.4 Å². The van der Waals surface area contributed by atoms with Crippen LogP contribution in [-0.2, 0) is 14.3 Å². The fraction of sp³-hybridized carbons (Fsp3) is 0.917. The lowest BCUT2D eigenvalue weighted by Gasteiger charge is -2.26. The molecule has 0 spiro atoms. The van der Waals surface area contributed by atoms with E-state index in [0.29, 0.717) is 12.5 Å². The lowest BCUT2D eigenvalue weighted by Crippen LogP contribution is -2.31. The van der Waals surface area contributed by atoms with Gasteiger partial charge in [-0.25, -0.2) is 0 Å². The number of carbonyl (C=O) groups is 1. The van der Waals surface area contributed by atoms with Crippen molar-refractivity contribution in [2.45, 2.75) is 38.1 Å². The summed E-state index contributed by atoms with van der Waals surface area (Å²) in [6.07, 6.45) is 1.76. The Balaban J connectivity index is 1.82. The number of hydrogen-bond acceptors (Lipinski definition) is 4. The van der Waals surface area contributed by atoms with Crippen LogP contribution in [0.1, 0.15) is 26.2 Å². The molecule has 2 heterocycles. The zero-order chi connectivity index (χ0) is 12.5. The highest BCUT2D eigenvalue weighted by Crippen LogP contribution is 2.33. The number of carboxylic acids is 1. The van der Waals surface area contributed by atoms with Gasteiger partial charge in [0, 0.05) is 13.0 Å². The third-order valence-electron chi connectivity index (χ3n) is 3.54. The first-order valence-corrected chi connectivity index (χ1v) is 6.19. The zero-order valence-electron chi connectivity index (χ0n) is 10.5. The minimum Gasteiger partial charge on any atom is -0.481 e. The Bertz CT molecular complexity index is 296. The minimum absolute atomic E-state index is 0.0279. The molecule has 2 fully saturated rings. The van der Waals surface area contributed by atoms with Crippen molar-refractivity contribution in [2.24, 2.45) is 5.92 Å². The van der Waals surface area contributed by atoms with E-state index in [1.807, 2.05) is 6.92 Å². The van der Waals surface area contributed by atoms with E-state index in [9.17, 15) is 4.79 Å². The normalized spacial score (nSPS) is 38.7. The second-order valence-electron chi connectivity index (χ2n) is 5.40. The predicted octanol–water partition coefficient (Wildman–Crippen LogP) is 0.934. The van der Waals surface area contributed by atoms with E-state index in [2.05, 4.69) is 11.9 Å². The summed E-state index contributed by atoms with van der Waals surface area (Å²) in [5, 5.41) is 8.72. The van der Waals surface area contributed by atoms with Crippen molar-refractivity contribution in [1.29, 1.82) is 0 Å². The molecule has 5 nitrogen and oxygen atoms in total. The molecule has 0 aliphatic carbocycles. The number of aliphatic carboxylic acids is 1. The Hall–Kier alpha value is -0.650. The molecular formula is C12H21NO4. The van der Waals surface area contributed by atoms with Crippen molar-refractivity contribution in [2.75, 3.05) is 26.7 Å². The van der Waals surface area contributed by atoms with Gasteiger partial charge < -0.3 is 19.5 Å². The van der Waals surface area contributed by atoms with Gasteiger partial charge in [-0.1, -0.05) is 0 Å². The van der Waals surface area contributed by atoms with Gasteiger partial charge in [-0.2, -0.15) is 0 Å². The van der Waals surface area contributed by atoms with Crippen molar-refractivity contribution in [3.63, 3.8) is 0 Å². The molecule has 3 unspecified atom stereocenters. The predicted molar refractivity (Wildman–Crippen MR) is 61.7 cm³/mol. The number of nitrogens with zero attached hydrogens (tertiary/aromatic N) is 1. The SMILES string of the molecule is CN1CCC(CC2(C)OCC(CC(=O)O)O2)C1. The topological polar surface area (TPSA) is 59.0 Å². The second kappa shape index (κ2) is 4.92. The molecule has 2 aliphatic heterocycles. The summed E-state index contributed by atoms with van der Waals surface area (Å²) in [7, 11) is 2.12. The number of hydrogen-bond donors (Lipinski definition) is 1. The van der Waals surface area contributed by atoms with Crippen LogP contribution in [-0.4, -0.2) is 54.6 Å². The van der Waals surface area contributed by atoms with E-state index in [-0.39, 0.29) is 12.5 Å². The first-order chi connectivity index (χ1) is 7.97. The summed E-state index contributed by atoms with van der Waals surface area (Å²) in [5.74, 6) is -0.826. The summed E-state index contributed by atoms with van der Waals surface area (Å²) < 4.78 is 11.4. The van der Waals surface area contributed by atoms with Gasteiger partial charge >= 0.3 is 5.97 Å². The van der Waals surface area contributed by atoms with Crippen LogP contribution >= 0.6 is 0 Å². The van der Waals surface area contributed by atoms with Gasteiger partial charge in [-0.3, -0.25) is 4.79 Å². The van der Waals surface area contributed by atoms with Gasteiger partial charge in [0.05, 0.1) is 19.1 Å². The third kappa shape index (κ3) is 3.40. The van der Waals surface area contributed by atoms with E-state index in [0.717, 1.165) is 19.5 Å². The molecular weight excluding hydrogens is 222 g/mol. The second-order valence-corrected chi connectivity index (χ2v) is 5.40. The van der Waals surface area contributed by atoms with Crippen LogP contribution < -0.4 is 0 Å². The van der Waals surface area contributed by atoms with Gasteiger partial charge in [0.2, 0.25) is 0 Å². The maximum Gasteiger partial charge on any atom is 0.306 e. The quantitative estimate of drug-likeness (QED) is 0.796. The molecule has 2 rings (SSSR count). The Labute approximate surface area is 102 Å². The molecule has 2 saturated heterocycles. The molecule has 3 atom stereocenters. The fourth-order valence-corrected chi connectivity index (χ4v) is 2.81. The molecule has 98 valence electrons. The van der Waals surface area contributed by atoms with Crippen LogP contribution in [0.4, 0.5) is 0 Å². The number of ether oxygens (including phenoxy) is 2. The van der Waals surface area contributed by atoms with Crippen LogP contribution in [0.2, 0.25) is 0 Å². The lowest BCUT2D eigenvalue weighted by atomic mass is 9.99. The maximum atomic E-state index is 10.6. The van der Waals surface area contributed by atoms with Crippen LogP contribution in [0.3, 0.4) is 0 Å². The molecule has 0 bridgehead atoms. The summed E-state index contributed by atoms with van der Waals surface area (Å²) >= 11 is 0. The van der Waals surface area contributed by atoms with Gasteiger partial charge in [0.15, 0.2) is 5.79 Å². The number of likely N-dealkylation sites (tertiary alicyclic amines) is 1. The zero-order valence-corrected chi connectivity index (χ0v) is 10.5. The third-order valence-corrected chi connectivity index (χ3v) is 3.54. The summed E-state index contributed by atoms with van der Waals surface area (Å²) in [6, 6.07) is 0. The maximum absolute atomic E-state index is 10.6. The van der Waals surface area contributed by atoms with Gasteiger partial charge in [0.25, 0.3) is 0 Å². The van der Waals surface area contributed by atoms with Crippen molar-refractivity contribution in [3.8, 4) is 0 Å². The summed E-state index contributed by atoms with van der Waals surface area (Å²) in [6.45, 7) is 4.52. The molecule has 5 heteroatoms. The average molecular weight is 243 g/mol. The molecule has 0 amide bonds. The van der Waals surface area contributed by atoms with Crippen molar-refractivity contribution in [1.82, 2.24) is 4.90 Å². The van der Waals surface area contributed by atoms with Crippen LogP contribution in [0.5, 0.6) is 0 Å². The first kappa shape index (κ1) is 12.8. The standard InChI is InChI=1S/C12H21NO4/c1-12(6-9-3-4-13(2)7-9)16-8-10(17-12)5-11(14)15/h9-10H,3-8H2,1-2H3,(H,14,15). The summed E-state index contributed by atoms with van der Waals surface area (Å²) in [5.41, 5.74) is 0. The monoisotopic (exact) mass is 243 g/mol. The Morgan fingerprint density at radius 1 is 1.59 bits per heavy atom. The molecule has 0 radical (unpaired) electrons. The van der Waals surface area contributed by atoms with Crippen molar-refractivity contribution in [3.05, 3.63) is 0 Å². The van der Waals surface area contributed by atoms with Gasteiger partial charge in [-0.15, -0.1) is 0 Å². The van der Waals surface area contributed by atoms with Crippen LogP contribution in [0, 0.1) is 5.92 Å². The van der Waals surface area contributed by atoms with E-state index in [4.69, 9.17) is 14.6 Å². The lowest BCUT2D eigenvalue weighted by molar-refractivity contribution is -0.168. The highest BCUT2D eigenvalue weighted by atomic mass is 16.7. The Morgan fingerprint density at radius 3 is 2.94 bits per heavy atom. The summed E-state index contributed by atoms with van der Waals surface area (Å²) in [4.78, 5) is 12.9.